The number of halogens is 1. The Bertz CT molecular complexity index is 464. The van der Waals surface area contributed by atoms with Gasteiger partial charge in [-0.3, -0.25) is 0 Å². The predicted molar refractivity (Wildman–Crippen MR) is 58.1 cm³/mol. The maximum absolute atomic E-state index is 9.14. The van der Waals surface area contributed by atoms with Crippen LogP contribution >= 0.6 is 11.6 Å². The van der Waals surface area contributed by atoms with E-state index < -0.39 is 0 Å². The first-order valence-corrected chi connectivity index (χ1v) is 4.82. The summed E-state index contributed by atoms with van der Waals surface area (Å²) in [5.41, 5.74) is 7.07. The average molecular weight is 224 g/mol. The molecular formula is C10H10ClN3O. The summed E-state index contributed by atoms with van der Waals surface area (Å²) in [5, 5.41) is 13.8. The van der Waals surface area contributed by atoms with Crippen LogP contribution in [0.3, 0.4) is 0 Å². The fourth-order valence-electron chi connectivity index (χ4n) is 1.28. The highest BCUT2D eigenvalue weighted by Crippen LogP contribution is 2.21. The van der Waals surface area contributed by atoms with E-state index in [9.17, 15) is 0 Å². The van der Waals surface area contributed by atoms with Gasteiger partial charge in [-0.1, -0.05) is 11.6 Å². The summed E-state index contributed by atoms with van der Waals surface area (Å²) < 4.78 is 1.57. The molecule has 0 unspecified atom stereocenters. The largest absolute Gasteiger partial charge is 0.508 e. The highest BCUT2D eigenvalue weighted by Gasteiger charge is 2.08. The van der Waals surface area contributed by atoms with Crippen molar-refractivity contribution in [2.75, 3.05) is 0 Å². The van der Waals surface area contributed by atoms with Crippen molar-refractivity contribution in [3.63, 3.8) is 0 Å². The topological polar surface area (TPSA) is 64.1 Å². The van der Waals surface area contributed by atoms with Crippen molar-refractivity contribution in [2.24, 2.45) is 5.73 Å². The Labute approximate surface area is 91.9 Å². The van der Waals surface area contributed by atoms with E-state index in [1.165, 1.54) is 0 Å². The van der Waals surface area contributed by atoms with Crippen LogP contribution in [-0.2, 0) is 6.54 Å². The number of aromatic hydroxyl groups is 1. The first-order valence-electron chi connectivity index (χ1n) is 4.44. The van der Waals surface area contributed by atoms with E-state index in [4.69, 9.17) is 22.4 Å². The normalized spacial score (nSPS) is 10.5. The molecule has 0 saturated carbocycles. The van der Waals surface area contributed by atoms with Crippen molar-refractivity contribution < 1.29 is 5.11 Å². The van der Waals surface area contributed by atoms with Crippen molar-refractivity contribution in [3.05, 3.63) is 41.2 Å². The van der Waals surface area contributed by atoms with Crippen LogP contribution in [0.15, 0.2) is 30.5 Å². The zero-order valence-electron chi connectivity index (χ0n) is 7.89. The van der Waals surface area contributed by atoms with E-state index in [0.717, 1.165) is 11.3 Å². The molecule has 0 aliphatic carbocycles. The molecule has 2 rings (SSSR count). The van der Waals surface area contributed by atoms with Gasteiger partial charge in [-0.05, 0) is 24.3 Å². The Morgan fingerprint density at radius 3 is 2.53 bits per heavy atom. The van der Waals surface area contributed by atoms with E-state index in [2.05, 4.69) is 5.10 Å². The first kappa shape index (κ1) is 10.0. The molecule has 1 aromatic carbocycles. The lowest BCUT2D eigenvalue weighted by atomic mass is 10.3. The number of hydrogen-bond donors (Lipinski definition) is 2. The van der Waals surface area contributed by atoms with Crippen LogP contribution in [0, 0.1) is 0 Å². The van der Waals surface area contributed by atoms with Crippen molar-refractivity contribution >= 4 is 11.6 Å². The molecule has 0 aliphatic rings. The van der Waals surface area contributed by atoms with Crippen molar-refractivity contribution in [1.29, 1.82) is 0 Å². The second-order valence-electron chi connectivity index (χ2n) is 3.09. The number of phenolic OH excluding ortho intramolecular Hbond substituents is 1. The molecule has 2 aromatic rings. The van der Waals surface area contributed by atoms with Crippen LogP contribution in [0.5, 0.6) is 5.75 Å². The van der Waals surface area contributed by atoms with Crippen LogP contribution in [0.25, 0.3) is 5.69 Å². The van der Waals surface area contributed by atoms with E-state index in [0.29, 0.717) is 11.7 Å². The van der Waals surface area contributed by atoms with Gasteiger partial charge in [-0.25, -0.2) is 4.68 Å². The SMILES string of the molecule is NCc1cnn(-c2ccc(O)cc2)c1Cl. The molecule has 0 fully saturated rings. The monoisotopic (exact) mass is 223 g/mol. The van der Waals surface area contributed by atoms with Crippen LogP contribution < -0.4 is 5.73 Å². The lowest BCUT2D eigenvalue weighted by Crippen LogP contribution is -1.98. The third-order valence-corrected chi connectivity index (χ3v) is 2.50. The van der Waals surface area contributed by atoms with Crippen molar-refractivity contribution in [2.45, 2.75) is 6.54 Å². The highest BCUT2D eigenvalue weighted by atomic mass is 35.5. The van der Waals surface area contributed by atoms with Gasteiger partial charge in [0.1, 0.15) is 10.9 Å². The fourth-order valence-corrected chi connectivity index (χ4v) is 1.55. The summed E-state index contributed by atoms with van der Waals surface area (Å²) in [5.74, 6) is 0.209. The summed E-state index contributed by atoms with van der Waals surface area (Å²) >= 11 is 6.06. The quantitative estimate of drug-likeness (QED) is 0.815. The van der Waals surface area contributed by atoms with Gasteiger partial charge in [0, 0.05) is 12.1 Å². The molecule has 0 amide bonds. The number of nitrogens with zero attached hydrogens (tertiary/aromatic N) is 2. The molecule has 1 heterocycles. The van der Waals surface area contributed by atoms with E-state index in [1.807, 2.05) is 0 Å². The maximum Gasteiger partial charge on any atom is 0.137 e. The predicted octanol–water partition coefficient (Wildman–Crippen LogP) is 1.69. The third-order valence-electron chi connectivity index (χ3n) is 2.09. The van der Waals surface area contributed by atoms with Gasteiger partial charge in [0.25, 0.3) is 0 Å². The second-order valence-corrected chi connectivity index (χ2v) is 3.45. The molecule has 78 valence electrons. The summed E-state index contributed by atoms with van der Waals surface area (Å²) in [6.45, 7) is 0.358. The Kier molecular flexibility index (Phi) is 2.62. The molecule has 0 saturated heterocycles. The zero-order valence-corrected chi connectivity index (χ0v) is 8.65. The van der Waals surface area contributed by atoms with Crippen LogP contribution in [0.4, 0.5) is 0 Å². The number of nitrogens with two attached hydrogens (primary N) is 1. The number of hydrogen-bond acceptors (Lipinski definition) is 3. The van der Waals surface area contributed by atoms with Crippen molar-refractivity contribution in [3.8, 4) is 11.4 Å². The smallest absolute Gasteiger partial charge is 0.137 e. The second kappa shape index (κ2) is 3.92. The first-order chi connectivity index (χ1) is 7.22. The number of benzene rings is 1. The summed E-state index contributed by atoms with van der Waals surface area (Å²) in [6, 6.07) is 6.62. The van der Waals surface area contributed by atoms with Crippen molar-refractivity contribution in [1.82, 2.24) is 9.78 Å². The standard InChI is InChI=1S/C10H10ClN3O/c11-10-7(5-12)6-13-14(10)8-1-3-9(15)4-2-8/h1-4,6,15H,5,12H2. The maximum atomic E-state index is 9.14. The van der Waals surface area contributed by atoms with Gasteiger partial charge in [0.05, 0.1) is 11.9 Å². The molecule has 5 heteroatoms. The Hall–Kier alpha value is -1.52. The van der Waals surface area contributed by atoms with Gasteiger partial charge in [-0.15, -0.1) is 0 Å². The third kappa shape index (κ3) is 1.82. The Morgan fingerprint density at radius 1 is 1.33 bits per heavy atom. The molecule has 3 N–H and O–H groups in total. The Balaban J connectivity index is 2.45. The fraction of sp³-hybridized carbons (Fsp3) is 0.100. The summed E-state index contributed by atoms with van der Waals surface area (Å²) in [4.78, 5) is 0. The van der Waals surface area contributed by atoms with Gasteiger partial charge < -0.3 is 10.8 Å². The molecular weight excluding hydrogens is 214 g/mol. The molecule has 1 aromatic heterocycles. The summed E-state index contributed by atoms with van der Waals surface area (Å²) in [7, 11) is 0. The molecule has 0 spiro atoms. The molecule has 0 aliphatic heterocycles. The molecule has 0 radical (unpaired) electrons. The number of phenols is 1. The minimum Gasteiger partial charge on any atom is -0.508 e. The van der Waals surface area contributed by atoms with Gasteiger partial charge in [0.2, 0.25) is 0 Å². The molecule has 0 bridgehead atoms. The van der Waals surface area contributed by atoms with Gasteiger partial charge in [-0.2, -0.15) is 5.10 Å². The van der Waals surface area contributed by atoms with Crippen LogP contribution in [0.2, 0.25) is 5.15 Å². The molecule has 15 heavy (non-hydrogen) atoms. The Morgan fingerprint density at radius 2 is 2.00 bits per heavy atom. The van der Waals surface area contributed by atoms with E-state index in [1.54, 1.807) is 35.1 Å². The highest BCUT2D eigenvalue weighted by molar-refractivity contribution is 6.30. The van der Waals surface area contributed by atoms with E-state index >= 15 is 0 Å². The number of rotatable bonds is 2. The molecule has 0 atom stereocenters. The number of aromatic nitrogens is 2. The van der Waals surface area contributed by atoms with E-state index in [-0.39, 0.29) is 5.75 Å². The lowest BCUT2D eigenvalue weighted by molar-refractivity contribution is 0.475. The van der Waals surface area contributed by atoms with Crippen LogP contribution in [-0.4, -0.2) is 14.9 Å². The molecule has 4 nitrogen and oxygen atoms in total. The minimum atomic E-state index is 0.209. The van der Waals surface area contributed by atoms with Gasteiger partial charge in [0.15, 0.2) is 0 Å². The lowest BCUT2D eigenvalue weighted by Gasteiger charge is -2.03. The van der Waals surface area contributed by atoms with Gasteiger partial charge >= 0.3 is 0 Å². The van der Waals surface area contributed by atoms with Crippen LogP contribution in [0.1, 0.15) is 5.56 Å². The summed E-state index contributed by atoms with van der Waals surface area (Å²) in [6.07, 6.45) is 1.63. The zero-order chi connectivity index (χ0) is 10.8. The minimum absolute atomic E-state index is 0.209. The average Bonchev–Trinajstić information content (AvgIpc) is 2.61.